The lowest BCUT2D eigenvalue weighted by Gasteiger charge is -2.45. The summed E-state index contributed by atoms with van der Waals surface area (Å²) in [6.45, 7) is 7.32. The van der Waals surface area contributed by atoms with Gasteiger partial charge in [0, 0.05) is 17.7 Å². The maximum atomic E-state index is 6.76. The van der Waals surface area contributed by atoms with Gasteiger partial charge in [-0.05, 0) is 82.0 Å². The molecule has 1 saturated heterocycles. The summed E-state index contributed by atoms with van der Waals surface area (Å²) in [7, 11) is 1.70. The van der Waals surface area contributed by atoms with E-state index in [1.54, 1.807) is 7.11 Å². The molecule has 2 aromatic carbocycles. The smallest absolute Gasteiger partial charge is 0.158 e. The van der Waals surface area contributed by atoms with Gasteiger partial charge in [0.05, 0.1) is 24.7 Å². The van der Waals surface area contributed by atoms with Gasteiger partial charge >= 0.3 is 0 Å². The molecule has 4 aliphatic heterocycles. The highest BCUT2D eigenvalue weighted by Gasteiger charge is 2.47. The molecule has 0 saturated carbocycles. The van der Waals surface area contributed by atoms with Gasteiger partial charge in [0.2, 0.25) is 0 Å². The molecule has 0 N–H and O–H groups in total. The summed E-state index contributed by atoms with van der Waals surface area (Å²) in [6.07, 6.45) is 6.60. The molecule has 4 aliphatic rings. The number of ether oxygens (including phenoxy) is 6. The van der Waals surface area contributed by atoms with Crippen LogP contribution in [0.3, 0.4) is 0 Å². The standard InChI is InChI=1S/C28H32O6/c1-16-13-22-19(14-21(16)29-4)25-23(15-31-22)32-26-17-10-11-28(2,3)34-20(17)9-8-18(26)27(25)33-24-7-5-6-12-30-24/h8-11,13-14,23-25,27H,5-7,12,15H2,1-4H3/t23-,24?,25+,27-/m1/s1. The first-order valence-electron chi connectivity index (χ1n) is 12.2. The van der Waals surface area contributed by atoms with Crippen molar-refractivity contribution in [2.45, 2.75) is 70.1 Å². The molecular weight excluding hydrogens is 432 g/mol. The zero-order chi connectivity index (χ0) is 23.4. The van der Waals surface area contributed by atoms with Gasteiger partial charge in [-0.3, -0.25) is 0 Å². The van der Waals surface area contributed by atoms with E-state index in [1.165, 1.54) is 0 Å². The fourth-order valence-corrected chi connectivity index (χ4v) is 5.51. The van der Waals surface area contributed by atoms with Crippen molar-refractivity contribution in [2.75, 3.05) is 20.3 Å². The van der Waals surface area contributed by atoms with Gasteiger partial charge in [-0.15, -0.1) is 0 Å². The van der Waals surface area contributed by atoms with Gasteiger partial charge in [-0.2, -0.15) is 0 Å². The van der Waals surface area contributed by atoms with Crippen LogP contribution in [0.2, 0.25) is 0 Å². The highest BCUT2D eigenvalue weighted by molar-refractivity contribution is 5.70. The monoisotopic (exact) mass is 464 g/mol. The van der Waals surface area contributed by atoms with E-state index in [9.17, 15) is 0 Å². The molecule has 1 unspecified atom stereocenters. The summed E-state index contributed by atoms with van der Waals surface area (Å²) in [5.41, 5.74) is 3.72. The summed E-state index contributed by atoms with van der Waals surface area (Å²) in [4.78, 5) is 0. The molecule has 0 spiro atoms. The first kappa shape index (κ1) is 21.8. The third-order valence-corrected chi connectivity index (χ3v) is 7.24. The average molecular weight is 465 g/mol. The molecule has 0 aliphatic carbocycles. The van der Waals surface area contributed by atoms with E-state index in [0.717, 1.165) is 71.1 Å². The minimum absolute atomic E-state index is 0.0424. The number of methoxy groups -OCH3 is 1. The molecule has 0 radical (unpaired) electrons. The minimum atomic E-state index is -0.356. The predicted octanol–water partition coefficient (Wildman–Crippen LogP) is 5.71. The van der Waals surface area contributed by atoms with E-state index in [1.807, 2.05) is 13.0 Å². The van der Waals surface area contributed by atoms with E-state index in [-0.39, 0.29) is 30.0 Å². The number of rotatable bonds is 3. The van der Waals surface area contributed by atoms with Crippen LogP contribution < -0.4 is 18.9 Å². The minimum Gasteiger partial charge on any atom is -0.496 e. The van der Waals surface area contributed by atoms with Crippen molar-refractivity contribution in [3.8, 4) is 23.0 Å². The van der Waals surface area contributed by atoms with E-state index in [2.05, 4.69) is 44.2 Å². The van der Waals surface area contributed by atoms with Gasteiger partial charge in [0.15, 0.2) is 6.29 Å². The fourth-order valence-electron chi connectivity index (χ4n) is 5.51. The van der Waals surface area contributed by atoms with Crippen molar-refractivity contribution in [1.29, 1.82) is 0 Å². The van der Waals surface area contributed by atoms with Crippen LogP contribution in [-0.2, 0) is 9.47 Å². The van der Waals surface area contributed by atoms with Crippen LogP contribution >= 0.6 is 0 Å². The number of hydrogen-bond donors (Lipinski definition) is 0. The summed E-state index contributed by atoms with van der Waals surface area (Å²) < 4.78 is 37.5. The molecular formula is C28H32O6. The lowest BCUT2D eigenvalue weighted by Crippen LogP contribution is -2.44. The lowest BCUT2D eigenvalue weighted by atomic mass is 9.79. The van der Waals surface area contributed by atoms with Crippen LogP contribution in [0.5, 0.6) is 23.0 Å². The summed E-state index contributed by atoms with van der Waals surface area (Å²) in [5.74, 6) is 3.31. The first-order valence-corrected chi connectivity index (χ1v) is 12.2. The van der Waals surface area contributed by atoms with Crippen molar-refractivity contribution in [3.63, 3.8) is 0 Å². The van der Waals surface area contributed by atoms with Crippen molar-refractivity contribution >= 4 is 6.08 Å². The van der Waals surface area contributed by atoms with Gasteiger partial charge in [-0.25, -0.2) is 0 Å². The normalized spacial score (nSPS) is 28.2. The SMILES string of the molecule is COc1cc2c(cc1C)OC[C@H]1Oc3c(ccc4c3C=CC(C)(C)O4)[C@@H](OC3CCCCO3)[C@@H]21. The molecule has 4 heterocycles. The molecule has 0 bridgehead atoms. The Morgan fingerprint density at radius 2 is 1.94 bits per heavy atom. The average Bonchev–Trinajstić information content (AvgIpc) is 2.83. The molecule has 6 heteroatoms. The van der Waals surface area contributed by atoms with Gasteiger partial charge < -0.3 is 28.4 Å². The number of hydrogen-bond acceptors (Lipinski definition) is 6. The molecule has 4 atom stereocenters. The summed E-state index contributed by atoms with van der Waals surface area (Å²) >= 11 is 0. The predicted molar refractivity (Wildman–Crippen MR) is 128 cm³/mol. The molecule has 6 nitrogen and oxygen atoms in total. The van der Waals surface area contributed by atoms with E-state index in [4.69, 9.17) is 28.4 Å². The second kappa shape index (κ2) is 8.21. The Labute approximate surface area is 200 Å². The van der Waals surface area contributed by atoms with E-state index in [0.29, 0.717) is 6.61 Å². The molecule has 180 valence electrons. The zero-order valence-corrected chi connectivity index (χ0v) is 20.3. The Morgan fingerprint density at radius 3 is 2.74 bits per heavy atom. The molecule has 6 rings (SSSR count). The van der Waals surface area contributed by atoms with Crippen LogP contribution in [0.1, 0.15) is 67.4 Å². The number of benzene rings is 2. The zero-order valence-electron chi connectivity index (χ0n) is 20.3. The summed E-state index contributed by atoms with van der Waals surface area (Å²) in [5, 5.41) is 0. The maximum Gasteiger partial charge on any atom is 0.158 e. The lowest BCUT2D eigenvalue weighted by molar-refractivity contribution is -0.204. The van der Waals surface area contributed by atoms with Crippen LogP contribution in [0.15, 0.2) is 30.3 Å². The second-order valence-corrected chi connectivity index (χ2v) is 10.1. The molecule has 0 aromatic heterocycles. The molecule has 0 amide bonds. The van der Waals surface area contributed by atoms with Gasteiger partial charge in [0.1, 0.15) is 41.3 Å². The maximum absolute atomic E-state index is 6.76. The Morgan fingerprint density at radius 1 is 1.06 bits per heavy atom. The first-order chi connectivity index (χ1) is 16.4. The van der Waals surface area contributed by atoms with Gasteiger partial charge in [0.25, 0.3) is 0 Å². The van der Waals surface area contributed by atoms with Crippen molar-refractivity contribution < 1.29 is 28.4 Å². The largest absolute Gasteiger partial charge is 0.496 e. The Bertz CT molecular complexity index is 1130. The molecule has 34 heavy (non-hydrogen) atoms. The molecule has 1 fully saturated rings. The topological polar surface area (TPSA) is 55.4 Å². The highest BCUT2D eigenvalue weighted by Crippen LogP contribution is 2.54. The third-order valence-electron chi connectivity index (χ3n) is 7.24. The van der Waals surface area contributed by atoms with Crippen molar-refractivity contribution in [3.05, 3.63) is 52.6 Å². The van der Waals surface area contributed by atoms with E-state index >= 15 is 0 Å². The van der Waals surface area contributed by atoms with Gasteiger partial charge in [-0.1, -0.05) is 0 Å². The Kier molecular flexibility index (Phi) is 5.26. The number of aryl methyl sites for hydroxylation is 1. The van der Waals surface area contributed by atoms with Crippen molar-refractivity contribution in [1.82, 2.24) is 0 Å². The highest BCUT2D eigenvalue weighted by atomic mass is 16.7. The Hall–Kier alpha value is -2.70. The fraction of sp³-hybridized carbons (Fsp3) is 0.500. The van der Waals surface area contributed by atoms with Crippen LogP contribution in [0.25, 0.3) is 6.08 Å². The quantitative estimate of drug-likeness (QED) is 0.580. The van der Waals surface area contributed by atoms with E-state index < -0.39 is 0 Å². The van der Waals surface area contributed by atoms with Crippen molar-refractivity contribution in [2.24, 2.45) is 0 Å². The summed E-state index contributed by atoms with van der Waals surface area (Å²) in [6, 6.07) is 8.27. The number of fused-ring (bicyclic) bond motifs is 6. The molecule has 2 aromatic rings. The van der Waals surface area contributed by atoms with Crippen LogP contribution in [-0.4, -0.2) is 38.3 Å². The second-order valence-electron chi connectivity index (χ2n) is 10.1. The van der Waals surface area contributed by atoms with Crippen LogP contribution in [0.4, 0.5) is 0 Å². The third kappa shape index (κ3) is 3.64. The van der Waals surface area contributed by atoms with Crippen LogP contribution in [0, 0.1) is 6.92 Å². The Balaban J connectivity index is 1.47.